The zero-order valence-electron chi connectivity index (χ0n) is 14.1. The zero-order valence-corrected chi connectivity index (χ0v) is 14.1. The molecular formula is C18H22N2O5. The van der Waals surface area contributed by atoms with Crippen LogP contribution in [0.2, 0.25) is 0 Å². The molecule has 0 aliphatic carbocycles. The smallest absolute Gasteiger partial charge is 0.326 e. The summed E-state index contributed by atoms with van der Waals surface area (Å²) >= 11 is 0. The molecule has 1 saturated heterocycles. The van der Waals surface area contributed by atoms with Crippen LogP contribution in [0, 0.1) is 5.92 Å². The quantitative estimate of drug-likeness (QED) is 0.614. The lowest BCUT2D eigenvalue weighted by Crippen LogP contribution is -2.40. The van der Waals surface area contributed by atoms with Crippen molar-refractivity contribution >= 4 is 23.7 Å². The van der Waals surface area contributed by atoms with Gasteiger partial charge in [0.05, 0.1) is 5.92 Å². The highest BCUT2D eigenvalue weighted by atomic mass is 16.4. The lowest BCUT2D eigenvalue weighted by Gasteiger charge is -2.14. The van der Waals surface area contributed by atoms with Gasteiger partial charge in [0, 0.05) is 12.0 Å². The molecule has 25 heavy (non-hydrogen) atoms. The van der Waals surface area contributed by atoms with E-state index in [0.717, 1.165) is 18.4 Å². The lowest BCUT2D eigenvalue weighted by molar-refractivity contribution is -0.139. The second-order valence-electron chi connectivity index (χ2n) is 6.22. The van der Waals surface area contributed by atoms with Crippen LogP contribution < -0.4 is 10.6 Å². The fourth-order valence-corrected chi connectivity index (χ4v) is 2.76. The Morgan fingerprint density at radius 3 is 2.48 bits per heavy atom. The highest BCUT2D eigenvalue weighted by molar-refractivity contribution is 6.03. The summed E-state index contributed by atoms with van der Waals surface area (Å²) in [5.41, 5.74) is 1.20. The lowest BCUT2D eigenvalue weighted by atomic mass is 9.97. The highest BCUT2D eigenvalue weighted by Crippen LogP contribution is 2.17. The van der Waals surface area contributed by atoms with Crippen LogP contribution in [0.5, 0.6) is 0 Å². The molecule has 134 valence electrons. The molecule has 0 bridgehead atoms. The largest absolute Gasteiger partial charge is 0.480 e. The van der Waals surface area contributed by atoms with Crippen molar-refractivity contribution in [2.45, 2.75) is 45.1 Å². The topological polar surface area (TPSA) is 113 Å². The number of nitrogens with one attached hydrogen (secondary N) is 2. The van der Waals surface area contributed by atoms with Gasteiger partial charge in [-0.1, -0.05) is 31.9 Å². The molecule has 0 radical (unpaired) electrons. The molecule has 1 heterocycles. The fraction of sp³-hybridized carbons (Fsp3) is 0.444. The Balaban J connectivity index is 1.96. The second kappa shape index (κ2) is 8.41. The summed E-state index contributed by atoms with van der Waals surface area (Å²) in [4.78, 5) is 46.2. The van der Waals surface area contributed by atoms with Crippen LogP contribution in [0.1, 0.15) is 48.5 Å². The first-order valence-corrected chi connectivity index (χ1v) is 8.37. The number of benzene rings is 1. The molecule has 3 N–H and O–H groups in total. The first-order chi connectivity index (χ1) is 11.9. The minimum absolute atomic E-state index is 0.179. The normalized spacial score (nSPS) is 17.9. The van der Waals surface area contributed by atoms with Crippen LogP contribution >= 0.6 is 0 Å². The first-order valence-electron chi connectivity index (χ1n) is 8.37. The number of carboxylic acids is 1. The number of aliphatic carboxylic acids is 1. The number of carboxylic acid groups (broad SMARTS) is 1. The standard InChI is InChI=1S/C18H22N2O5/c1-2-3-4-14(18(24)25)19-16(22)12-7-5-11(6-8-12)9-13-10-15(21)20-17(13)23/h5-8,13-14H,2-4,9-10H2,1H3,(H,19,22)(H,24,25)(H,20,21,23). The maximum Gasteiger partial charge on any atom is 0.326 e. The Morgan fingerprint density at radius 1 is 1.28 bits per heavy atom. The van der Waals surface area contributed by atoms with Gasteiger partial charge in [-0.25, -0.2) is 4.79 Å². The van der Waals surface area contributed by atoms with Gasteiger partial charge in [-0.3, -0.25) is 19.7 Å². The van der Waals surface area contributed by atoms with E-state index < -0.39 is 17.9 Å². The van der Waals surface area contributed by atoms with Crippen molar-refractivity contribution in [1.82, 2.24) is 10.6 Å². The van der Waals surface area contributed by atoms with E-state index in [1.807, 2.05) is 6.92 Å². The molecule has 1 aliphatic heterocycles. The average molecular weight is 346 g/mol. The Morgan fingerprint density at radius 2 is 1.96 bits per heavy atom. The van der Waals surface area contributed by atoms with Crippen LogP contribution in [-0.2, 0) is 20.8 Å². The number of carbonyl (C=O) groups is 4. The number of carbonyl (C=O) groups excluding carboxylic acids is 3. The molecule has 7 heteroatoms. The number of unbranched alkanes of at least 4 members (excludes halogenated alkanes) is 1. The van der Waals surface area contributed by atoms with Crippen LogP contribution in [0.3, 0.4) is 0 Å². The van der Waals surface area contributed by atoms with E-state index in [9.17, 15) is 19.2 Å². The van der Waals surface area contributed by atoms with E-state index in [0.29, 0.717) is 18.4 Å². The van der Waals surface area contributed by atoms with Gasteiger partial charge >= 0.3 is 5.97 Å². The third-order valence-electron chi connectivity index (χ3n) is 4.21. The fourth-order valence-electron chi connectivity index (χ4n) is 2.76. The number of rotatable bonds is 8. The van der Waals surface area contributed by atoms with Crippen molar-refractivity contribution in [3.8, 4) is 0 Å². The predicted molar refractivity (Wildman–Crippen MR) is 89.8 cm³/mol. The summed E-state index contributed by atoms with van der Waals surface area (Å²) in [6.45, 7) is 1.96. The third-order valence-corrected chi connectivity index (χ3v) is 4.21. The first kappa shape index (κ1) is 18.6. The summed E-state index contributed by atoms with van der Waals surface area (Å²) in [6, 6.07) is 5.72. The highest BCUT2D eigenvalue weighted by Gasteiger charge is 2.30. The van der Waals surface area contributed by atoms with Gasteiger partial charge in [0.1, 0.15) is 6.04 Å². The average Bonchev–Trinajstić information content (AvgIpc) is 2.89. The maximum absolute atomic E-state index is 12.2. The maximum atomic E-state index is 12.2. The van der Waals surface area contributed by atoms with Crippen molar-refractivity contribution in [3.05, 3.63) is 35.4 Å². The van der Waals surface area contributed by atoms with E-state index in [1.165, 1.54) is 0 Å². The summed E-state index contributed by atoms with van der Waals surface area (Å²) in [5.74, 6) is -2.40. The van der Waals surface area contributed by atoms with Crippen LogP contribution in [0.25, 0.3) is 0 Å². The van der Waals surface area contributed by atoms with Gasteiger partial charge in [0.15, 0.2) is 0 Å². The van der Waals surface area contributed by atoms with E-state index in [-0.39, 0.29) is 24.2 Å². The molecule has 1 aliphatic rings. The molecule has 3 amide bonds. The summed E-state index contributed by atoms with van der Waals surface area (Å²) in [6.07, 6.45) is 2.57. The van der Waals surface area contributed by atoms with Crippen LogP contribution in [0.4, 0.5) is 0 Å². The monoisotopic (exact) mass is 346 g/mol. The van der Waals surface area contributed by atoms with Crippen molar-refractivity contribution in [3.63, 3.8) is 0 Å². The predicted octanol–water partition coefficient (Wildman–Crippen LogP) is 1.26. The summed E-state index contributed by atoms with van der Waals surface area (Å²) in [5, 5.41) is 14.0. The van der Waals surface area contributed by atoms with Crippen LogP contribution in [0.15, 0.2) is 24.3 Å². The van der Waals surface area contributed by atoms with Gasteiger partial charge in [-0.15, -0.1) is 0 Å². The molecule has 7 nitrogen and oxygen atoms in total. The van der Waals surface area contributed by atoms with Crippen molar-refractivity contribution in [2.24, 2.45) is 5.92 Å². The summed E-state index contributed by atoms with van der Waals surface area (Å²) in [7, 11) is 0. The molecular weight excluding hydrogens is 324 g/mol. The molecule has 2 atom stereocenters. The molecule has 1 aromatic carbocycles. The second-order valence-corrected chi connectivity index (χ2v) is 6.22. The molecule has 0 aromatic heterocycles. The zero-order chi connectivity index (χ0) is 18.4. The van der Waals surface area contributed by atoms with E-state index >= 15 is 0 Å². The minimum Gasteiger partial charge on any atom is -0.480 e. The van der Waals surface area contributed by atoms with Gasteiger partial charge in [-0.05, 0) is 30.5 Å². The Kier molecular flexibility index (Phi) is 6.27. The van der Waals surface area contributed by atoms with Gasteiger partial charge < -0.3 is 10.4 Å². The number of hydrogen-bond acceptors (Lipinski definition) is 4. The molecule has 1 fully saturated rings. The molecule has 0 saturated carbocycles. The Hall–Kier alpha value is -2.70. The van der Waals surface area contributed by atoms with Gasteiger partial charge in [0.2, 0.25) is 11.8 Å². The molecule has 2 unspecified atom stereocenters. The van der Waals surface area contributed by atoms with Crippen molar-refractivity contribution < 1.29 is 24.3 Å². The number of hydrogen-bond donors (Lipinski definition) is 3. The number of amides is 3. The van der Waals surface area contributed by atoms with E-state index in [2.05, 4.69) is 10.6 Å². The van der Waals surface area contributed by atoms with Gasteiger partial charge in [-0.2, -0.15) is 0 Å². The van der Waals surface area contributed by atoms with Crippen molar-refractivity contribution in [2.75, 3.05) is 0 Å². The molecule has 1 aromatic rings. The SMILES string of the molecule is CCCCC(NC(=O)c1ccc(CC2CC(=O)NC2=O)cc1)C(=O)O. The summed E-state index contributed by atoms with van der Waals surface area (Å²) < 4.78 is 0. The van der Waals surface area contributed by atoms with E-state index in [4.69, 9.17) is 5.11 Å². The number of imide groups is 1. The molecule has 0 spiro atoms. The minimum atomic E-state index is -1.05. The third kappa shape index (κ3) is 5.14. The van der Waals surface area contributed by atoms with Crippen molar-refractivity contribution in [1.29, 1.82) is 0 Å². The Bertz CT molecular complexity index is 669. The van der Waals surface area contributed by atoms with E-state index in [1.54, 1.807) is 24.3 Å². The Labute approximate surface area is 145 Å². The van der Waals surface area contributed by atoms with Crippen LogP contribution in [-0.4, -0.2) is 34.8 Å². The van der Waals surface area contributed by atoms with Gasteiger partial charge in [0.25, 0.3) is 5.91 Å². The molecule has 2 rings (SSSR count).